The van der Waals surface area contributed by atoms with Gasteiger partial charge in [-0.05, 0) is 33.8 Å². The molecule has 108 valence electrons. The van der Waals surface area contributed by atoms with E-state index < -0.39 is 0 Å². The molecule has 0 atom stereocenters. The van der Waals surface area contributed by atoms with Crippen molar-refractivity contribution in [3.63, 3.8) is 0 Å². The van der Waals surface area contributed by atoms with Crippen molar-refractivity contribution in [3.05, 3.63) is 17.3 Å². The number of hydrogen-bond donors (Lipinski definition) is 1. The van der Waals surface area contributed by atoms with Crippen LogP contribution in [0.1, 0.15) is 25.6 Å². The standard InChI is InChI=1S/C14H20N4OS/c1-5-18(7-12(19)17-9(2)3)13-11-6-10(4)20-14(11)16-8-15-13/h6,8-9H,5,7H2,1-4H3,(H,17,19). The third-order valence-electron chi connectivity index (χ3n) is 2.90. The Morgan fingerprint density at radius 3 is 2.85 bits per heavy atom. The number of carbonyl (C=O) groups is 1. The van der Waals surface area contributed by atoms with Crippen LogP contribution in [0, 0.1) is 6.92 Å². The molecule has 0 bridgehead atoms. The lowest BCUT2D eigenvalue weighted by Crippen LogP contribution is -2.40. The highest BCUT2D eigenvalue weighted by molar-refractivity contribution is 7.18. The molecule has 1 amide bonds. The SMILES string of the molecule is CCN(CC(=O)NC(C)C)c1ncnc2sc(C)cc12. The summed E-state index contributed by atoms with van der Waals surface area (Å²) < 4.78 is 0. The van der Waals surface area contributed by atoms with Gasteiger partial charge in [-0.2, -0.15) is 0 Å². The third-order valence-corrected chi connectivity index (χ3v) is 3.86. The van der Waals surface area contributed by atoms with Crippen LogP contribution >= 0.6 is 11.3 Å². The minimum absolute atomic E-state index is 0.0144. The van der Waals surface area contributed by atoms with Crippen molar-refractivity contribution in [1.82, 2.24) is 15.3 Å². The van der Waals surface area contributed by atoms with Crippen LogP contribution in [0.4, 0.5) is 5.82 Å². The first-order chi connectivity index (χ1) is 9.51. The number of aromatic nitrogens is 2. The van der Waals surface area contributed by atoms with Gasteiger partial charge in [0.05, 0.1) is 11.9 Å². The largest absolute Gasteiger partial charge is 0.352 e. The lowest BCUT2D eigenvalue weighted by Gasteiger charge is -2.22. The van der Waals surface area contributed by atoms with Crippen molar-refractivity contribution < 1.29 is 4.79 Å². The van der Waals surface area contributed by atoms with Gasteiger partial charge in [0.15, 0.2) is 0 Å². The van der Waals surface area contributed by atoms with Crippen molar-refractivity contribution in [2.24, 2.45) is 0 Å². The molecule has 0 aliphatic carbocycles. The van der Waals surface area contributed by atoms with Crippen molar-refractivity contribution in [2.45, 2.75) is 33.7 Å². The van der Waals surface area contributed by atoms with Gasteiger partial charge in [0.2, 0.25) is 5.91 Å². The molecule has 0 aliphatic rings. The number of nitrogens with zero attached hydrogens (tertiary/aromatic N) is 3. The highest BCUT2D eigenvalue weighted by Gasteiger charge is 2.16. The van der Waals surface area contributed by atoms with Crippen LogP contribution in [0.5, 0.6) is 0 Å². The average Bonchev–Trinajstić information content (AvgIpc) is 2.75. The van der Waals surface area contributed by atoms with Gasteiger partial charge in [-0.25, -0.2) is 9.97 Å². The van der Waals surface area contributed by atoms with E-state index in [1.54, 1.807) is 17.7 Å². The second-order valence-electron chi connectivity index (χ2n) is 5.01. The Kier molecular flexibility index (Phi) is 4.54. The van der Waals surface area contributed by atoms with Crippen molar-refractivity contribution in [3.8, 4) is 0 Å². The average molecular weight is 292 g/mol. The van der Waals surface area contributed by atoms with Gasteiger partial charge in [0.1, 0.15) is 17.0 Å². The van der Waals surface area contributed by atoms with E-state index >= 15 is 0 Å². The fourth-order valence-electron chi connectivity index (χ4n) is 2.09. The van der Waals surface area contributed by atoms with Gasteiger partial charge in [-0.15, -0.1) is 11.3 Å². The molecule has 0 spiro atoms. The number of anilines is 1. The van der Waals surface area contributed by atoms with E-state index in [4.69, 9.17) is 0 Å². The van der Waals surface area contributed by atoms with E-state index in [2.05, 4.69) is 28.3 Å². The maximum atomic E-state index is 11.9. The number of aryl methyl sites for hydroxylation is 1. The summed E-state index contributed by atoms with van der Waals surface area (Å²) in [6, 6.07) is 2.23. The van der Waals surface area contributed by atoms with Gasteiger partial charge in [-0.1, -0.05) is 0 Å². The topological polar surface area (TPSA) is 58.1 Å². The number of nitrogens with one attached hydrogen (secondary N) is 1. The second kappa shape index (κ2) is 6.17. The molecular formula is C14H20N4OS. The Morgan fingerprint density at radius 1 is 1.45 bits per heavy atom. The maximum absolute atomic E-state index is 11.9. The number of hydrogen-bond acceptors (Lipinski definition) is 5. The van der Waals surface area contributed by atoms with Crippen LogP contribution in [0.2, 0.25) is 0 Å². The first-order valence-electron chi connectivity index (χ1n) is 6.76. The molecule has 2 rings (SSSR count). The molecule has 2 aromatic rings. The Balaban J connectivity index is 2.27. The minimum atomic E-state index is 0.0144. The molecule has 0 fully saturated rings. The van der Waals surface area contributed by atoms with E-state index in [9.17, 15) is 4.79 Å². The molecule has 20 heavy (non-hydrogen) atoms. The number of carbonyl (C=O) groups excluding carboxylic acids is 1. The third kappa shape index (κ3) is 3.25. The highest BCUT2D eigenvalue weighted by Crippen LogP contribution is 2.29. The van der Waals surface area contributed by atoms with Crippen LogP contribution in [0.3, 0.4) is 0 Å². The van der Waals surface area contributed by atoms with E-state index in [1.807, 2.05) is 25.7 Å². The monoisotopic (exact) mass is 292 g/mol. The molecular weight excluding hydrogens is 272 g/mol. The van der Waals surface area contributed by atoms with Gasteiger partial charge in [0, 0.05) is 17.5 Å². The zero-order chi connectivity index (χ0) is 14.7. The summed E-state index contributed by atoms with van der Waals surface area (Å²) in [7, 11) is 0. The van der Waals surface area contributed by atoms with Gasteiger partial charge in [0.25, 0.3) is 0 Å². The number of likely N-dealkylation sites (N-methyl/N-ethyl adjacent to an activating group) is 1. The van der Waals surface area contributed by atoms with Crippen LogP contribution in [0.15, 0.2) is 12.4 Å². The van der Waals surface area contributed by atoms with E-state index in [0.29, 0.717) is 6.54 Å². The van der Waals surface area contributed by atoms with Gasteiger partial charge < -0.3 is 10.2 Å². The Bertz CT molecular complexity index is 608. The number of rotatable bonds is 5. The molecule has 0 saturated heterocycles. The van der Waals surface area contributed by atoms with Gasteiger partial charge >= 0.3 is 0 Å². The smallest absolute Gasteiger partial charge is 0.239 e. The summed E-state index contributed by atoms with van der Waals surface area (Å²) in [5.74, 6) is 0.848. The molecule has 2 heterocycles. The first-order valence-corrected chi connectivity index (χ1v) is 7.58. The Morgan fingerprint density at radius 2 is 2.20 bits per heavy atom. The van der Waals surface area contributed by atoms with Crippen LogP contribution in [0.25, 0.3) is 10.2 Å². The fourth-order valence-corrected chi connectivity index (χ4v) is 2.93. The molecule has 0 radical (unpaired) electrons. The molecule has 0 aromatic carbocycles. The van der Waals surface area contributed by atoms with Crippen molar-refractivity contribution in [1.29, 1.82) is 0 Å². The number of thiophene rings is 1. The quantitative estimate of drug-likeness (QED) is 0.919. The zero-order valence-electron chi connectivity index (χ0n) is 12.3. The van der Waals surface area contributed by atoms with Crippen molar-refractivity contribution >= 4 is 33.3 Å². The number of amides is 1. The van der Waals surface area contributed by atoms with Crippen LogP contribution in [-0.4, -0.2) is 35.0 Å². The summed E-state index contributed by atoms with van der Waals surface area (Å²) in [5, 5.41) is 3.93. The minimum Gasteiger partial charge on any atom is -0.352 e. The molecule has 0 unspecified atom stereocenters. The van der Waals surface area contributed by atoms with E-state index in [-0.39, 0.29) is 11.9 Å². The lowest BCUT2D eigenvalue weighted by atomic mass is 10.3. The maximum Gasteiger partial charge on any atom is 0.239 e. The summed E-state index contributed by atoms with van der Waals surface area (Å²) in [6.07, 6.45) is 1.57. The first kappa shape index (κ1) is 14.7. The lowest BCUT2D eigenvalue weighted by molar-refractivity contribution is -0.120. The molecule has 5 nitrogen and oxygen atoms in total. The van der Waals surface area contributed by atoms with E-state index in [0.717, 1.165) is 22.6 Å². The molecule has 2 aromatic heterocycles. The predicted octanol–water partition coefficient (Wildman–Crippen LogP) is 2.35. The molecule has 0 saturated carbocycles. The van der Waals surface area contributed by atoms with Crippen molar-refractivity contribution in [2.75, 3.05) is 18.0 Å². The molecule has 6 heteroatoms. The fraction of sp³-hybridized carbons (Fsp3) is 0.500. The summed E-state index contributed by atoms with van der Waals surface area (Å²) >= 11 is 1.65. The number of fused-ring (bicyclic) bond motifs is 1. The zero-order valence-corrected chi connectivity index (χ0v) is 13.1. The predicted molar refractivity (Wildman–Crippen MR) is 83.3 cm³/mol. The summed E-state index contributed by atoms with van der Waals surface area (Å²) in [6.45, 7) is 9.04. The Hall–Kier alpha value is -1.69. The molecule has 1 N–H and O–H groups in total. The molecule has 0 aliphatic heterocycles. The summed E-state index contributed by atoms with van der Waals surface area (Å²) in [4.78, 5) is 24.7. The van der Waals surface area contributed by atoms with Gasteiger partial charge in [-0.3, -0.25) is 4.79 Å². The van der Waals surface area contributed by atoms with E-state index in [1.165, 1.54) is 4.88 Å². The second-order valence-corrected chi connectivity index (χ2v) is 6.24. The Labute approximate surface area is 123 Å². The van der Waals surface area contributed by atoms with Crippen LogP contribution < -0.4 is 10.2 Å². The highest BCUT2D eigenvalue weighted by atomic mass is 32.1. The van der Waals surface area contributed by atoms with Crippen LogP contribution in [-0.2, 0) is 4.79 Å². The normalized spacial score (nSPS) is 11.1. The summed E-state index contributed by atoms with van der Waals surface area (Å²) in [5.41, 5.74) is 0.